The normalized spacial score (nSPS) is 18.7. The van der Waals surface area contributed by atoms with E-state index in [-0.39, 0.29) is 5.91 Å². The van der Waals surface area contributed by atoms with Gasteiger partial charge in [-0.15, -0.1) is 0 Å². The minimum atomic E-state index is -0.734. The monoisotopic (exact) mass is 313 g/mol. The Morgan fingerprint density at radius 3 is 2.09 bits per heavy atom. The van der Waals surface area contributed by atoms with Gasteiger partial charge in [-0.2, -0.15) is 0 Å². The zero-order valence-corrected chi connectivity index (χ0v) is 14.5. The molecule has 1 fully saturated rings. The van der Waals surface area contributed by atoms with Gasteiger partial charge in [0.2, 0.25) is 0 Å². The molecule has 1 heterocycles. The van der Waals surface area contributed by atoms with E-state index in [1.54, 1.807) is 13.8 Å². The van der Waals surface area contributed by atoms with Gasteiger partial charge < -0.3 is 14.4 Å². The fraction of sp³-hybridized carbons (Fsp3) is 0.882. The molecule has 5 heteroatoms. The van der Waals surface area contributed by atoms with E-state index in [1.165, 1.54) is 12.8 Å². The molecule has 0 saturated carbocycles. The van der Waals surface area contributed by atoms with Crippen LogP contribution in [-0.4, -0.2) is 48.7 Å². The maximum atomic E-state index is 12.3. The molecule has 1 saturated heterocycles. The molecular formula is C17H31NO4. The van der Waals surface area contributed by atoms with Crippen molar-refractivity contribution in [3.05, 3.63) is 0 Å². The van der Waals surface area contributed by atoms with Crippen molar-refractivity contribution in [2.45, 2.75) is 72.0 Å². The Labute approximate surface area is 134 Å². The fourth-order valence-corrected chi connectivity index (χ4v) is 2.42. The van der Waals surface area contributed by atoms with Crippen LogP contribution in [-0.2, 0) is 19.1 Å². The van der Waals surface area contributed by atoms with Crippen molar-refractivity contribution in [3.8, 4) is 0 Å². The molecule has 0 radical (unpaired) electrons. The lowest BCUT2D eigenvalue weighted by molar-refractivity contribution is -0.168. The zero-order chi connectivity index (χ0) is 16.5. The van der Waals surface area contributed by atoms with Crippen LogP contribution in [0.1, 0.15) is 59.8 Å². The van der Waals surface area contributed by atoms with Gasteiger partial charge in [-0.05, 0) is 39.0 Å². The van der Waals surface area contributed by atoms with Crippen molar-refractivity contribution in [3.63, 3.8) is 0 Å². The Morgan fingerprint density at radius 1 is 0.955 bits per heavy atom. The number of esters is 1. The molecule has 5 nitrogen and oxygen atoms in total. The average Bonchev–Trinajstić information content (AvgIpc) is 2.74. The highest BCUT2D eigenvalue weighted by molar-refractivity contribution is 5.84. The van der Waals surface area contributed by atoms with Crippen LogP contribution in [0.15, 0.2) is 0 Å². The number of nitrogens with zero attached hydrogens (tertiary/aromatic N) is 1. The largest absolute Gasteiger partial charge is 0.451 e. The molecule has 0 N–H and O–H groups in total. The summed E-state index contributed by atoms with van der Waals surface area (Å²) >= 11 is 0. The number of ether oxygens (including phenoxy) is 2. The third kappa shape index (κ3) is 6.77. The van der Waals surface area contributed by atoms with E-state index in [2.05, 4.69) is 13.8 Å². The summed E-state index contributed by atoms with van der Waals surface area (Å²) in [6, 6.07) is 0. The molecule has 1 amide bonds. The van der Waals surface area contributed by atoms with Gasteiger partial charge in [0, 0.05) is 19.7 Å². The predicted octanol–water partition coefficient (Wildman–Crippen LogP) is 2.77. The molecule has 1 aliphatic heterocycles. The minimum absolute atomic E-state index is 0.0929. The summed E-state index contributed by atoms with van der Waals surface area (Å²) in [7, 11) is 0. The second-order valence-electron chi connectivity index (χ2n) is 6.51. The highest BCUT2D eigenvalue weighted by Gasteiger charge is 2.26. The molecule has 0 aromatic carbocycles. The smallest absolute Gasteiger partial charge is 0.335 e. The Morgan fingerprint density at radius 2 is 1.55 bits per heavy atom. The number of rotatable bonds is 7. The number of hydrogen-bond acceptors (Lipinski definition) is 4. The SMILES string of the molecule is CC(C)CCOC(C)C(=O)OC(C)C(=O)N1CCCCCC1. The zero-order valence-electron chi connectivity index (χ0n) is 14.5. The second kappa shape index (κ2) is 9.82. The van der Waals surface area contributed by atoms with E-state index in [4.69, 9.17) is 9.47 Å². The summed E-state index contributed by atoms with van der Waals surface area (Å²) in [5.41, 5.74) is 0. The lowest BCUT2D eigenvalue weighted by Crippen LogP contribution is -2.41. The molecule has 0 aromatic heterocycles. The first-order chi connectivity index (χ1) is 10.4. The average molecular weight is 313 g/mol. The van der Waals surface area contributed by atoms with Gasteiger partial charge in [0.15, 0.2) is 12.2 Å². The molecule has 0 bridgehead atoms. The van der Waals surface area contributed by atoms with Gasteiger partial charge in [-0.3, -0.25) is 4.79 Å². The number of hydrogen-bond donors (Lipinski definition) is 0. The summed E-state index contributed by atoms with van der Waals surface area (Å²) < 4.78 is 10.7. The molecule has 2 unspecified atom stereocenters. The third-order valence-corrected chi connectivity index (χ3v) is 3.95. The van der Waals surface area contributed by atoms with Crippen LogP contribution in [0.4, 0.5) is 0 Å². The van der Waals surface area contributed by atoms with Crippen molar-refractivity contribution in [2.24, 2.45) is 5.92 Å². The summed E-state index contributed by atoms with van der Waals surface area (Å²) in [4.78, 5) is 26.1. The van der Waals surface area contributed by atoms with Gasteiger partial charge in [0.05, 0.1) is 0 Å². The van der Waals surface area contributed by atoms with E-state index >= 15 is 0 Å². The van der Waals surface area contributed by atoms with E-state index in [0.717, 1.165) is 32.4 Å². The summed E-state index contributed by atoms with van der Waals surface area (Å²) in [6.45, 7) is 9.59. The Bertz CT molecular complexity index is 349. The molecule has 1 aliphatic rings. The maximum absolute atomic E-state index is 12.3. The lowest BCUT2D eigenvalue weighted by Gasteiger charge is -2.24. The highest BCUT2D eigenvalue weighted by atomic mass is 16.6. The summed E-state index contributed by atoms with van der Waals surface area (Å²) in [5, 5.41) is 0. The van der Waals surface area contributed by atoms with E-state index in [9.17, 15) is 9.59 Å². The van der Waals surface area contributed by atoms with Crippen LogP contribution in [0.3, 0.4) is 0 Å². The van der Waals surface area contributed by atoms with Gasteiger partial charge in [0.25, 0.3) is 5.91 Å². The Hall–Kier alpha value is -1.10. The van der Waals surface area contributed by atoms with E-state index < -0.39 is 18.2 Å². The van der Waals surface area contributed by atoms with Gasteiger partial charge >= 0.3 is 5.97 Å². The van der Waals surface area contributed by atoms with Crippen molar-refractivity contribution in [1.29, 1.82) is 0 Å². The molecule has 0 aliphatic carbocycles. The van der Waals surface area contributed by atoms with Crippen molar-refractivity contribution < 1.29 is 19.1 Å². The van der Waals surface area contributed by atoms with Crippen LogP contribution in [0.2, 0.25) is 0 Å². The first-order valence-electron chi connectivity index (χ1n) is 8.52. The summed E-state index contributed by atoms with van der Waals surface area (Å²) in [5.74, 6) is -0.0178. The van der Waals surface area contributed by atoms with Crippen LogP contribution < -0.4 is 0 Å². The maximum Gasteiger partial charge on any atom is 0.335 e. The lowest BCUT2D eigenvalue weighted by atomic mass is 10.1. The first kappa shape index (κ1) is 18.9. The highest BCUT2D eigenvalue weighted by Crippen LogP contribution is 2.12. The van der Waals surface area contributed by atoms with Gasteiger partial charge in [0.1, 0.15) is 0 Å². The topological polar surface area (TPSA) is 55.8 Å². The van der Waals surface area contributed by atoms with Crippen molar-refractivity contribution in [1.82, 2.24) is 4.90 Å². The number of likely N-dealkylation sites (tertiary alicyclic amines) is 1. The van der Waals surface area contributed by atoms with Crippen LogP contribution in [0, 0.1) is 5.92 Å². The van der Waals surface area contributed by atoms with Crippen LogP contribution in [0.5, 0.6) is 0 Å². The number of carbonyl (C=O) groups is 2. The minimum Gasteiger partial charge on any atom is -0.451 e. The van der Waals surface area contributed by atoms with Gasteiger partial charge in [-0.25, -0.2) is 4.79 Å². The number of carbonyl (C=O) groups excluding carboxylic acids is 2. The van der Waals surface area contributed by atoms with Gasteiger partial charge in [-0.1, -0.05) is 26.7 Å². The fourth-order valence-electron chi connectivity index (χ4n) is 2.42. The number of amides is 1. The molecular weight excluding hydrogens is 282 g/mol. The molecule has 1 rings (SSSR count). The van der Waals surface area contributed by atoms with E-state index in [1.807, 2.05) is 4.90 Å². The summed E-state index contributed by atoms with van der Waals surface area (Å²) in [6.07, 6.45) is 3.93. The first-order valence-corrected chi connectivity index (χ1v) is 8.52. The second-order valence-corrected chi connectivity index (χ2v) is 6.51. The Balaban J connectivity index is 2.36. The quantitative estimate of drug-likeness (QED) is 0.678. The molecule has 22 heavy (non-hydrogen) atoms. The molecule has 0 spiro atoms. The third-order valence-electron chi connectivity index (χ3n) is 3.95. The van der Waals surface area contributed by atoms with Crippen molar-refractivity contribution in [2.75, 3.05) is 19.7 Å². The Kier molecular flexibility index (Phi) is 8.46. The van der Waals surface area contributed by atoms with Crippen molar-refractivity contribution >= 4 is 11.9 Å². The standard InChI is InChI=1S/C17H31NO4/c1-13(2)9-12-21-15(4)17(20)22-14(3)16(19)18-10-7-5-6-8-11-18/h13-15H,5-12H2,1-4H3. The van der Waals surface area contributed by atoms with E-state index in [0.29, 0.717) is 12.5 Å². The molecule has 2 atom stereocenters. The predicted molar refractivity (Wildman–Crippen MR) is 85.5 cm³/mol. The van der Waals surface area contributed by atoms with Crippen LogP contribution in [0.25, 0.3) is 0 Å². The molecule has 128 valence electrons. The molecule has 0 aromatic rings. The van der Waals surface area contributed by atoms with Crippen LogP contribution >= 0.6 is 0 Å².